The van der Waals surface area contributed by atoms with Crippen LogP contribution in [0.25, 0.3) is 0 Å². The van der Waals surface area contributed by atoms with Crippen LogP contribution in [0.4, 0.5) is 0 Å². The SMILES string of the molecule is C[I-]C(C)NCI. The van der Waals surface area contributed by atoms with Gasteiger partial charge in [-0.1, -0.05) is 0 Å². The van der Waals surface area contributed by atoms with Gasteiger partial charge < -0.3 is 0 Å². The second-order valence-corrected chi connectivity index (χ2v) is 5.05. The minimum atomic E-state index is 0.422. The van der Waals surface area contributed by atoms with E-state index < -0.39 is 0 Å². The van der Waals surface area contributed by atoms with E-state index in [0.29, 0.717) is 21.2 Å². The van der Waals surface area contributed by atoms with E-state index in [1.54, 1.807) is 0 Å². The Balaban J connectivity index is 2.83. The van der Waals surface area contributed by atoms with Crippen LogP contribution in [0, 0.1) is 0 Å². The maximum atomic E-state index is 3.33. The summed E-state index contributed by atoms with van der Waals surface area (Å²) in [6, 6.07) is 0. The molecule has 1 nitrogen and oxygen atoms in total. The van der Waals surface area contributed by atoms with Gasteiger partial charge in [-0.2, -0.15) is 0 Å². The van der Waals surface area contributed by atoms with Crippen molar-refractivity contribution in [3.63, 3.8) is 0 Å². The van der Waals surface area contributed by atoms with Crippen LogP contribution in [0.3, 0.4) is 0 Å². The van der Waals surface area contributed by atoms with Crippen LogP contribution in [0.2, 0.25) is 0 Å². The van der Waals surface area contributed by atoms with Gasteiger partial charge >= 0.3 is 69.6 Å². The summed E-state index contributed by atoms with van der Waals surface area (Å²) in [5.41, 5.74) is 0. The maximum absolute atomic E-state index is 3.33. The first kappa shape index (κ1) is 8.42. The zero-order valence-electron chi connectivity index (χ0n) is 4.54. The Morgan fingerprint density at radius 2 is 2.43 bits per heavy atom. The number of hydrogen-bond acceptors (Lipinski definition) is 1. The predicted molar refractivity (Wildman–Crippen MR) is 37.4 cm³/mol. The van der Waals surface area contributed by atoms with Crippen molar-refractivity contribution in [2.24, 2.45) is 0 Å². The quantitative estimate of drug-likeness (QED) is 0.361. The number of halogens is 2. The van der Waals surface area contributed by atoms with Gasteiger partial charge in [0.15, 0.2) is 0 Å². The van der Waals surface area contributed by atoms with E-state index in [0.717, 1.165) is 8.60 Å². The first-order chi connectivity index (χ1) is 3.31. The molecule has 0 aromatic carbocycles. The van der Waals surface area contributed by atoms with Crippen LogP contribution in [-0.2, 0) is 0 Å². The Bertz CT molecular complexity index is 40.7. The summed E-state index contributed by atoms with van der Waals surface area (Å²) in [4.78, 5) is 2.29. The zero-order chi connectivity index (χ0) is 5.70. The molecule has 1 atom stereocenters. The van der Waals surface area contributed by atoms with E-state index in [-0.39, 0.29) is 0 Å². The molecule has 0 aromatic rings. The summed E-state index contributed by atoms with van der Waals surface area (Å²) >= 11 is 2.75. The molecule has 0 aliphatic carbocycles. The summed E-state index contributed by atoms with van der Waals surface area (Å²) in [7, 11) is 0. The number of hydrogen-bond donors (Lipinski definition) is 1. The van der Waals surface area contributed by atoms with E-state index in [2.05, 4.69) is 39.8 Å². The van der Waals surface area contributed by atoms with Gasteiger partial charge in [0.1, 0.15) is 0 Å². The zero-order valence-corrected chi connectivity index (χ0v) is 8.86. The van der Waals surface area contributed by atoms with Crippen molar-refractivity contribution in [1.29, 1.82) is 0 Å². The molecule has 0 aliphatic heterocycles. The fourth-order valence-corrected chi connectivity index (χ4v) is 2.35. The molecule has 0 fully saturated rings. The molecule has 7 heavy (non-hydrogen) atoms. The van der Waals surface area contributed by atoms with Gasteiger partial charge in [-0.25, -0.2) is 0 Å². The van der Waals surface area contributed by atoms with Crippen LogP contribution in [0.5, 0.6) is 0 Å². The predicted octanol–water partition coefficient (Wildman–Crippen LogP) is -1.97. The first-order valence-corrected chi connectivity index (χ1v) is 7.01. The number of rotatable bonds is 3. The summed E-state index contributed by atoms with van der Waals surface area (Å²) < 4.78 is 1.89. The van der Waals surface area contributed by atoms with Gasteiger partial charge in [-0.15, -0.1) is 0 Å². The summed E-state index contributed by atoms with van der Waals surface area (Å²) in [5.74, 6) is 0. The van der Waals surface area contributed by atoms with Crippen molar-refractivity contribution in [3.8, 4) is 0 Å². The summed E-state index contributed by atoms with van der Waals surface area (Å²) in [6.07, 6.45) is 0. The third-order valence-corrected chi connectivity index (χ3v) is 3.43. The van der Waals surface area contributed by atoms with Gasteiger partial charge in [0.25, 0.3) is 0 Å². The van der Waals surface area contributed by atoms with E-state index in [1.807, 2.05) is 0 Å². The van der Waals surface area contributed by atoms with Gasteiger partial charge in [0.05, 0.1) is 0 Å². The average Bonchev–Trinajstić information content (AvgIpc) is 1.68. The average molecular weight is 326 g/mol. The molecule has 0 saturated carbocycles. The normalized spacial score (nSPS) is 14.7. The summed E-state index contributed by atoms with van der Waals surface area (Å²) in [6.45, 7) is 2.24. The molecule has 0 amide bonds. The Kier molecular flexibility index (Phi) is 6.68. The number of alkyl halides is 3. The molecule has 0 saturated heterocycles. The van der Waals surface area contributed by atoms with Crippen molar-refractivity contribution in [2.75, 3.05) is 9.48 Å². The molecule has 0 aliphatic rings. The van der Waals surface area contributed by atoms with E-state index in [9.17, 15) is 0 Å². The van der Waals surface area contributed by atoms with Gasteiger partial charge in [-0.05, 0) is 0 Å². The monoisotopic (exact) mass is 326 g/mol. The van der Waals surface area contributed by atoms with Crippen LogP contribution < -0.4 is 26.5 Å². The summed E-state index contributed by atoms with van der Waals surface area (Å²) in [5, 5.41) is 3.33. The van der Waals surface area contributed by atoms with Gasteiger partial charge in [0.2, 0.25) is 0 Å². The molecule has 0 spiro atoms. The van der Waals surface area contributed by atoms with Crippen molar-refractivity contribution >= 4 is 22.6 Å². The van der Waals surface area contributed by atoms with Crippen LogP contribution >= 0.6 is 22.6 Å². The third kappa shape index (κ3) is 5.29. The molecule has 0 aromatic heterocycles. The Hall–Kier alpha value is 1.42. The molecule has 0 radical (unpaired) electrons. The van der Waals surface area contributed by atoms with Crippen molar-refractivity contribution < 1.29 is 21.2 Å². The topological polar surface area (TPSA) is 12.0 Å². The fraction of sp³-hybridized carbons (Fsp3) is 1.00. The molecule has 0 rings (SSSR count). The van der Waals surface area contributed by atoms with Crippen molar-refractivity contribution in [2.45, 2.75) is 11.0 Å². The van der Waals surface area contributed by atoms with Gasteiger partial charge in [-0.3, -0.25) is 0 Å². The molecular formula is C4H10I2N-. The molecule has 1 N–H and O–H groups in total. The second kappa shape index (κ2) is 5.55. The fourth-order valence-electron chi connectivity index (χ4n) is 0.183. The molecule has 3 heteroatoms. The van der Waals surface area contributed by atoms with E-state index in [1.165, 1.54) is 0 Å². The van der Waals surface area contributed by atoms with Crippen LogP contribution in [0.1, 0.15) is 6.92 Å². The molecule has 1 unspecified atom stereocenters. The van der Waals surface area contributed by atoms with E-state index in [4.69, 9.17) is 0 Å². The minimum absolute atomic E-state index is 0.422. The molecule has 0 heterocycles. The second-order valence-electron chi connectivity index (χ2n) is 1.17. The first-order valence-electron chi connectivity index (χ1n) is 2.08. The Labute approximate surface area is 69.0 Å². The van der Waals surface area contributed by atoms with Crippen LogP contribution in [-0.4, -0.2) is 13.5 Å². The number of nitrogens with one attached hydrogen (secondary N) is 1. The van der Waals surface area contributed by atoms with Crippen LogP contribution in [0.15, 0.2) is 0 Å². The standard InChI is InChI=1S/C4H10I2N/c1-4(6-2)7-3-5/h4,7H,3H2,1-2H3/q-1. The van der Waals surface area contributed by atoms with Crippen molar-refractivity contribution in [3.05, 3.63) is 0 Å². The van der Waals surface area contributed by atoms with Crippen molar-refractivity contribution in [1.82, 2.24) is 5.32 Å². The van der Waals surface area contributed by atoms with Gasteiger partial charge in [0, 0.05) is 0 Å². The Morgan fingerprint density at radius 1 is 1.86 bits per heavy atom. The molecular weight excluding hydrogens is 316 g/mol. The molecule has 46 valence electrons. The van der Waals surface area contributed by atoms with E-state index >= 15 is 0 Å². The Morgan fingerprint density at radius 3 is 2.57 bits per heavy atom. The molecule has 0 bridgehead atoms. The third-order valence-electron chi connectivity index (χ3n) is 0.686.